The number of hydrogen-bond acceptors (Lipinski definition) is 2. The van der Waals surface area contributed by atoms with E-state index in [1.54, 1.807) is 7.11 Å². The van der Waals surface area contributed by atoms with E-state index in [0.717, 1.165) is 5.69 Å². The lowest BCUT2D eigenvalue weighted by atomic mass is 10.1. The molecule has 0 aliphatic heterocycles. The normalized spacial score (nSPS) is 9.92. The third kappa shape index (κ3) is 2.24. The van der Waals surface area contributed by atoms with E-state index in [2.05, 4.69) is 37.4 Å². The maximum absolute atomic E-state index is 4.93. The van der Waals surface area contributed by atoms with Crippen LogP contribution in [-0.2, 0) is 4.74 Å². The summed E-state index contributed by atoms with van der Waals surface area (Å²) in [7, 11) is 1.68. The first-order valence-corrected chi connectivity index (χ1v) is 4.04. The second-order valence-electron chi connectivity index (χ2n) is 2.93. The molecule has 0 aliphatic carbocycles. The van der Waals surface area contributed by atoms with Gasteiger partial charge in [-0.1, -0.05) is 12.1 Å². The highest BCUT2D eigenvalue weighted by atomic mass is 16.5. The Kier molecular flexibility index (Phi) is 3.11. The van der Waals surface area contributed by atoms with Crippen LogP contribution in [0.15, 0.2) is 18.2 Å². The molecule has 0 saturated heterocycles. The van der Waals surface area contributed by atoms with Crippen molar-refractivity contribution in [3.63, 3.8) is 0 Å². The van der Waals surface area contributed by atoms with Crippen LogP contribution in [0.1, 0.15) is 11.1 Å². The van der Waals surface area contributed by atoms with Crippen molar-refractivity contribution in [1.29, 1.82) is 0 Å². The van der Waals surface area contributed by atoms with Gasteiger partial charge in [-0.3, -0.25) is 0 Å². The Morgan fingerprint density at radius 1 is 1.33 bits per heavy atom. The first kappa shape index (κ1) is 9.07. The molecule has 0 fully saturated rings. The van der Waals surface area contributed by atoms with Crippen LogP contribution in [0.5, 0.6) is 0 Å². The number of nitrogens with one attached hydrogen (secondary N) is 1. The van der Waals surface area contributed by atoms with Gasteiger partial charge >= 0.3 is 0 Å². The van der Waals surface area contributed by atoms with E-state index < -0.39 is 0 Å². The molecule has 1 aromatic rings. The van der Waals surface area contributed by atoms with Gasteiger partial charge in [-0.15, -0.1) is 0 Å². The van der Waals surface area contributed by atoms with Crippen molar-refractivity contribution in [2.75, 3.05) is 19.2 Å². The number of methoxy groups -OCH3 is 1. The highest BCUT2D eigenvalue weighted by molar-refractivity contribution is 5.52. The number of hydrogen-bond donors (Lipinski definition) is 1. The third-order valence-electron chi connectivity index (χ3n) is 1.80. The standard InChI is InChI=1S/C10H15NO/c1-8-4-5-9(2)10(6-8)11-7-12-3/h4-6,11H,7H2,1-3H3. The van der Waals surface area contributed by atoms with Gasteiger partial charge in [0, 0.05) is 12.8 Å². The Morgan fingerprint density at radius 2 is 2.08 bits per heavy atom. The second-order valence-corrected chi connectivity index (χ2v) is 2.93. The molecule has 0 amide bonds. The van der Waals surface area contributed by atoms with E-state index in [9.17, 15) is 0 Å². The predicted molar refractivity (Wildman–Crippen MR) is 51.4 cm³/mol. The fraction of sp³-hybridized carbons (Fsp3) is 0.400. The lowest BCUT2D eigenvalue weighted by Crippen LogP contribution is -2.04. The molecule has 0 unspecified atom stereocenters. The number of anilines is 1. The molecule has 0 radical (unpaired) electrons. The summed E-state index contributed by atoms with van der Waals surface area (Å²) in [4.78, 5) is 0. The summed E-state index contributed by atoms with van der Waals surface area (Å²) in [5.74, 6) is 0. The van der Waals surface area contributed by atoms with Gasteiger partial charge in [-0.05, 0) is 31.0 Å². The van der Waals surface area contributed by atoms with Gasteiger partial charge in [0.05, 0.1) is 0 Å². The topological polar surface area (TPSA) is 21.3 Å². The Morgan fingerprint density at radius 3 is 2.75 bits per heavy atom. The molecule has 0 atom stereocenters. The first-order chi connectivity index (χ1) is 5.74. The summed E-state index contributed by atoms with van der Waals surface area (Å²) in [6, 6.07) is 6.33. The Balaban J connectivity index is 2.75. The zero-order chi connectivity index (χ0) is 8.97. The van der Waals surface area contributed by atoms with E-state index in [4.69, 9.17) is 4.74 Å². The molecule has 0 saturated carbocycles. The van der Waals surface area contributed by atoms with E-state index >= 15 is 0 Å². The second kappa shape index (κ2) is 4.12. The number of benzene rings is 1. The van der Waals surface area contributed by atoms with E-state index in [0.29, 0.717) is 6.73 Å². The van der Waals surface area contributed by atoms with Crippen molar-refractivity contribution in [2.24, 2.45) is 0 Å². The zero-order valence-electron chi connectivity index (χ0n) is 7.85. The lowest BCUT2D eigenvalue weighted by Gasteiger charge is -2.08. The molecule has 0 bridgehead atoms. The Bertz CT molecular complexity index is 258. The minimum absolute atomic E-state index is 0.560. The molecule has 1 rings (SSSR count). The van der Waals surface area contributed by atoms with Gasteiger partial charge in [0.2, 0.25) is 0 Å². The van der Waals surface area contributed by atoms with Crippen LogP contribution in [0.25, 0.3) is 0 Å². The van der Waals surface area contributed by atoms with Crippen molar-refractivity contribution in [2.45, 2.75) is 13.8 Å². The van der Waals surface area contributed by atoms with Crippen molar-refractivity contribution < 1.29 is 4.74 Å². The smallest absolute Gasteiger partial charge is 0.116 e. The molecule has 0 aromatic heterocycles. The van der Waals surface area contributed by atoms with Gasteiger partial charge in [0.15, 0.2) is 0 Å². The average Bonchev–Trinajstić information content (AvgIpc) is 2.07. The lowest BCUT2D eigenvalue weighted by molar-refractivity contribution is 0.221. The number of aryl methyl sites for hydroxylation is 2. The van der Waals surface area contributed by atoms with Crippen molar-refractivity contribution in [3.05, 3.63) is 29.3 Å². The van der Waals surface area contributed by atoms with E-state index in [1.165, 1.54) is 11.1 Å². The maximum atomic E-state index is 4.93. The predicted octanol–water partition coefficient (Wildman–Crippen LogP) is 2.32. The first-order valence-electron chi connectivity index (χ1n) is 4.04. The van der Waals surface area contributed by atoms with Crippen LogP contribution in [0.3, 0.4) is 0 Å². The van der Waals surface area contributed by atoms with E-state index in [1.807, 2.05) is 0 Å². The summed E-state index contributed by atoms with van der Waals surface area (Å²) < 4.78 is 4.93. The minimum Gasteiger partial charge on any atom is -0.365 e. The largest absolute Gasteiger partial charge is 0.365 e. The monoisotopic (exact) mass is 165 g/mol. The molecule has 1 N–H and O–H groups in total. The summed E-state index contributed by atoms with van der Waals surface area (Å²) in [6.45, 7) is 4.72. The number of ether oxygens (including phenoxy) is 1. The molecular formula is C10H15NO. The fourth-order valence-corrected chi connectivity index (χ4v) is 1.08. The molecule has 1 aromatic carbocycles. The molecule has 0 aliphatic rings. The highest BCUT2D eigenvalue weighted by Crippen LogP contribution is 2.15. The summed E-state index contributed by atoms with van der Waals surface area (Å²) in [6.07, 6.45) is 0. The van der Waals surface area contributed by atoms with Crippen LogP contribution in [0, 0.1) is 13.8 Å². The molecule has 0 spiro atoms. The summed E-state index contributed by atoms with van der Waals surface area (Å²) in [5, 5.41) is 3.18. The summed E-state index contributed by atoms with van der Waals surface area (Å²) in [5.41, 5.74) is 3.66. The van der Waals surface area contributed by atoms with Gasteiger partial charge in [-0.25, -0.2) is 0 Å². The van der Waals surface area contributed by atoms with E-state index in [-0.39, 0.29) is 0 Å². The van der Waals surface area contributed by atoms with Crippen LogP contribution >= 0.6 is 0 Å². The third-order valence-corrected chi connectivity index (χ3v) is 1.80. The van der Waals surface area contributed by atoms with Crippen molar-refractivity contribution in [3.8, 4) is 0 Å². The Labute approximate surface area is 73.6 Å². The molecule has 12 heavy (non-hydrogen) atoms. The van der Waals surface area contributed by atoms with Crippen LogP contribution < -0.4 is 5.32 Å². The van der Waals surface area contributed by atoms with Crippen molar-refractivity contribution in [1.82, 2.24) is 0 Å². The SMILES string of the molecule is COCNc1cc(C)ccc1C. The molecule has 0 heterocycles. The molecule has 2 nitrogen and oxygen atoms in total. The molecule has 2 heteroatoms. The van der Waals surface area contributed by atoms with Crippen LogP contribution in [-0.4, -0.2) is 13.8 Å². The molecule has 66 valence electrons. The van der Waals surface area contributed by atoms with Gasteiger partial charge < -0.3 is 10.1 Å². The minimum atomic E-state index is 0.560. The van der Waals surface area contributed by atoms with Gasteiger partial charge in [0.1, 0.15) is 6.73 Å². The number of rotatable bonds is 3. The van der Waals surface area contributed by atoms with Crippen molar-refractivity contribution >= 4 is 5.69 Å². The quantitative estimate of drug-likeness (QED) is 0.694. The van der Waals surface area contributed by atoms with Gasteiger partial charge in [0.25, 0.3) is 0 Å². The highest BCUT2D eigenvalue weighted by Gasteiger charge is 1.95. The molecular weight excluding hydrogens is 150 g/mol. The fourth-order valence-electron chi connectivity index (χ4n) is 1.08. The van der Waals surface area contributed by atoms with Crippen LogP contribution in [0.2, 0.25) is 0 Å². The Hall–Kier alpha value is -1.02. The maximum Gasteiger partial charge on any atom is 0.116 e. The van der Waals surface area contributed by atoms with Crippen LogP contribution in [0.4, 0.5) is 5.69 Å². The zero-order valence-corrected chi connectivity index (χ0v) is 7.85. The van der Waals surface area contributed by atoms with Gasteiger partial charge in [-0.2, -0.15) is 0 Å². The average molecular weight is 165 g/mol. The summed E-state index contributed by atoms with van der Waals surface area (Å²) >= 11 is 0.